The molecule has 2 aromatic rings. The van der Waals surface area contributed by atoms with E-state index in [2.05, 4.69) is 5.32 Å². The predicted molar refractivity (Wildman–Crippen MR) is 78.2 cm³/mol. The van der Waals surface area contributed by atoms with Crippen molar-refractivity contribution in [3.8, 4) is 5.75 Å². The molecule has 0 bridgehead atoms. The molecule has 0 spiro atoms. The summed E-state index contributed by atoms with van der Waals surface area (Å²) >= 11 is 0. The number of anilines is 1. The van der Waals surface area contributed by atoms with Crippen LogP contribution in [0.2, 0.25) is 0 Å². The van der Waals surface area contributed by atoms with E-state index in [1.54, 1.807) is 12.1 Å². The molecule has 0 fully saturated rings. The second-order valence-electron chi connectivity index (χ2n) is 4.52. The molecule has 0 aromatic heterocycles. The highest BCUT2D eigenvalue weighted by Gasteiger charge is 2.10. The maximum Gasteiger partial charge on any atom is 0.273 e. The largest absolute Gasteiger partial charge is 0.496 e. The number of nitro groups is 1. The van der Waals surface area contributed by atoms with Crippen LogP contribution in [0.3, 0.4) is 0 Å². The van der Waals surface area contributed by atoms with Crippen LogP contribution in [-0.4, -0.2) is 12.0 Å². The Hall–Kier alpha value is -2.56. The third-order valence-corrected chi connectivity index (χ3v) is 2.91. The van der Waals surface area contributed by atoms with Crippen LogP contribution < -0.4 is 10.1 Å². The first-order valence-corrected chi connectivity index (χ1v) is 6.21. The van der Waals surface area contributed by atoms with Gasteiger partial charge in [-0.05, 0) is 36.2 Å². The zero-order valence-electron chi connectivity index (χ0n) is 11.4. The summed E-state index contributed by atoms with van der Waals surface area (Å²) in [6.45, 7) is 2.52. The molecule has 104 valence electrons. The predicted octanol–water partition coefficient (Wildman–Crippen LogP) is 3.52. The van der Waals surface area contributed by atoms with Gasteiger partial charge in [0.15, 0.2) is 0 Å². The van der Waals surface area contributed by atoms with Crippen molar-refractivity contribution in [3.63, 3.8) is 0 Å². The number of non-ortho nitro benzene ring substituents is 1. The standard InChI is InChI=1S/C15H16N2O3/c1-11-4-3-5-13(6-11)16-10-12-7-14(17(18)19)9-15(8-12)20-2/h3-9,16H,10H2,1-2H3. The first kappa shape index (κ1) is 13.9. The van der Waals surface area contributed by atoms with Gasteiger partial charge >= 0.3 is 0 Å². The maximum atomic E-state index is 10.9. The van der Waals surface area contributed by atoms with E-state index < -0.39 is 4.92 Å². The summed E-state index contributed by atoms with van der Waals surface area (Å²) in [6, 6.07) is 12.7. The van der Waals surface area contributed by atoms with Gasteiger partial charge in [0.1, 0.15) is 5.75 Å². The van der Waals surface area contributed by atoms with Crippen LogP contribution in [0.5, 0.6) is 5.75 Å². The summed E-state index contributed by atoms with van der Waals surface area (Å²) in [7, 11) is 1.50. The van der Waals surface area contributed by atoms with E-state index in [1.807, 2.05) is 31.2 Å². The molecule has 5 nitrogen and oxygen atoms in total. The highest BCUT2D eigenvalue weighted by molar-refractivity contribution is 5.48. The number of rotatable bonds is 5. The second kappa shape index (κ2) is 6.06. The van der Waals surface area contributed by atoms with E-state index in [0.717, 1.165) is 16.8 Å². The number of aryl methyl sites for hydroxylation is 1. The van der Waals surface area contributed by atoms with E-state index in [1.165, 1.54) is 13.2 Å². The summed E-state index contributed by atoms with van der Waals surface area (Å²) in [5.74, 6) is 0.486. The normalized spacial score (nSPS) is 10.1. The Morgan fingerprint density at radius 1 is 1.25 bits per heavy atom. The third-order valence-electron chi connectivity index (χ3n) is 2.91. The van der Waals surface area contributed by atoms with Crippen molar-refractivity contribution < 1.29 is 9.66 Å². The van der Waals surface area contributed by atoms with Crippen LogP contribution in [0.25, 0.3) is 0 Å². The molecule has 0 aliphatic carbocycles. The van der Waals surface area contributed by atoms with Gasteiger partial charge in [-0.15, -0.1) is 0 Å². The van der Waals surface area contributed by atoms with Crippen molar-refractivity contribution in [2.24, 2.45) is 0 Å². The fraction of sp³-hybridized carbons (Fsp3) is 0.200. The van der Waals surface area contributed by atoms with E-state index in [0.29, 0.717) is 12.3 Å². The van der Waals surface area contributed by atoms with Gasteiger partial charge in [0.05, 0.1) is 18.1 Å². The minimum absolute atomic E-state index is 0.0328. The first-order chi connectivity index (χ1) is 9.58. The number of nitro benzene ring substituents is 1. The number of hydrogen-bond donors (Lipinski definition) is 1. The zero-order chi connectivity index (χ0) is 14.5. The minimum atomic E-state index is -0.418. The summed E-state index contributed by atoms with van der Waals surface area (Å²) in [6.07, 6.45) is 0. The quantitative estimate of drug-likeness (QED) is 0.668. The molecule has 0 aliphatic heterocycles. The smallest absolute Gasteiger partial charge is 0.273 e. The Labute approximate surface area is 117 Å². The van der Waals surface area contributed by atoms with Gasteiger partial charge in [0, 0.05) is 18.3 Å². The topological polar surface area (TPSA) is 64.4 Å². The van der Waals surface area contributed by atoms with Gasteiger partial charge in [-0.3, -0.25) is 10.1 Å². The van der Waals surface area contributed by atoms with E-state index in [4.69, 9.17) is 4.74 Å². The van der Waals surface area contributed by atoms with Gasteiger partial charge in [-0.1, -0.05) is 12.1 Å². The highest BCUT2D eigenvalue weighted by Crippen LogP contribution is 2.23. The van der Waals surface area contributed by atoms with Crippen LogP contribution in [0, 0.1) is 17.0 Å². The summed E-state index contributed by atoms with van der Waals surface area (Å²) in [5, 5.41) is 14.1. The van der Waals surface area contributed by atoms with Crippen molar-refractivity contribution in [2.45, 2.75) is 13.5 Å². The number of nitrogens with one attached hydrogen (secondary N) is 1. The SMILES string of the molecule is COc1cc(CNc2cccc(C)c2)cc([N+](=O)[O-])c1. The highest BCUT2D eigenvalue weighted by atomic mass is 16.6. The molecule has 0 unspecified atom stereocenters. The van der Waals surface area contributed by atoms with Gasteiger partial charge < -0.3 is 10.1 Å². The number of nitrogens with zero attached hydrogens (tertiary/aromatic N) is 1. The Kier molecular flexibility index (Phi) is 4.20. The third kappa shape index (κ3) is 3.47. The number of methoxy groups -OCH3 is 1. The lowest BCUT2D eigenvalue weighted by Gasteiger charge is -2.09. The van der Waals surface area contributed by atoms with Crippen molar-refractivity contribution in [3.05, 3.63) is 63.7 Å². The Morgan fingerprint density at radius 2 is 2.05 bits per heavy atom. The number of hydrogen-bond acceptors (Lipinski definition) is 4. The second-order valence-corrected chi connectivity index (χ2v) is 4.52. The van der Waals surface area contributed by atoms with E-state index in [9.17, 15) is 10.1 Å². The molecule has 0 atom stereocenters. The van der Waals surface area contributed by atoms with E-state index >= 15 is 0 Å². The lowest BCUT2D eigenvalue weighted by molar-refractivity contribution is -0.385. The first-order valence-electron chi connectivity index (χ1n) is 6.21. The van der Waals surface area contributed by atoms with Gasteiger partial charge in [-0.25, -0.2) is 0 Å². The van der Waals surface area contributed by atoms with Crippen molar-refractivity contribution in [2.75, 3.05) is 12.4 Å². The van der Waals surface area contributed by atoms with Crippen molar-refractivity contribution in [1.82, 2.24) is 0 Å². The van der Waals surface area contributed by atoms with Crippen LogP contribution in [0.1, 0.15) is 11.1 Å². The molecule has 0 saturated carbocycles. The molecule has 0 aliphatic rings. The minimum Gasteiger partial charge on any atom is -0.496 e. The molecule has 20 heavy (non-hydrogen) atoms. The lowest BCUT2D eigenvalue weighted by Crippen LogP contribution is -2.01. The lowest BCUT2D eigenvalue weighted by atomic mass is 10.1. The van der Waals surface area contributed by atoms with Crippen molar-refractivity contribution in [1.29, 1.82) is 0 Å². The molecule has 2 aromatic carbocycles. The Morgan fingerprint density at radius 3 is 2.70 bits per heavy atom. The maximum absolute atomic E-state index is 10.9. The fourth-order valence-electron chi connectivity index (χ4n) is 1.93. The molecule has 0 saturated heterocycles. The van der Waals surface area contributed by atoms with Crippen LogP contribution in [-0.2, 0) is 6.54 Å². The molecule has 2 rings (SSSR count). The summed E-state index contributed by atoms with van der Waals surface area (Å²) in [5.41, 5.74) is 2.98. The van der Waals surface area contributed by atoms with Crippen LogP contribution in [0.15, 0.2) is 42.5 Å². The van der Waals surface area contributed by atoms with Gasteiger partial charge in [0.25, 0.3) is 5.69 Å². The number of benzene rings is 2. The zero-order valence-corrected chi connectivity index (χ0v) is 11.4. The molecule has 5 heteroatoms. The average molecular weight is 272 g/mol. The van der Waals surface area contributed by atoms with Crippen LogP contribution in [0.4, 0.5) is 11.4 Å². The monoisotopic (exact) mass is 272 g/mol. The molecular formula is C15H16N2O3. The Bertz CT molecular complexity index is 626. The summed E-state index contributed by atoms with van der Waals surface area (Å²) in [4.78, 5) is 10.5. The molecule has 0 amide bonds. The molecule has 0 heterocycles. The van der Waals surface area contributed by atoms with E-state index in [-0.39, 0.29) is 5.69 Å². The summed E-state index contributed by atoms with van der Waals surface area (Å²) < 4.78 is 5.08. The molecular weight excluding hydrogens is 256 g/mol. The molecule has 0 radical (unpaired) electrons. The fourth-order valence-corrected chi connectivity index (χ4v) is 1.93. The molecule has 1 N–H and O–H groups in total. The van der Waals surface area contributed by atoms with Gasteiger partial charge in [-0.2, -0.15) is 0 Å². The van der Waals surface area contributed by atoms with Crippen LogP contribution >= 0.6 is 0 Å². The van der Waals surface area contributed by atoms with Gasteiger partial charge in [0.2, 0.25) is 0 Å². The van der Waals surface area contributed by atoms with Crippen molar-refractivity contribution >= 4 is 11.4 Å². The number of ether oxygens (including phenoxy) is 1. The Balaban J connectivity index is 2.16. The average Bonchev–Trinajstić information content (AvgIpc) is 2.45.